The van der Waals surface area contributed by atoms with E-state index in [9.17, 15) is 0 Å². The lowest BCUT2D eigenvalue weighted by Gasteiger charge is -2.44. The Kier molecular flexibility index (Phi) is 5.03. The maximum atomic E-state index is 6.98. The summed E-state index contributed by atoms with van der Waals surface area (Å²) in [5.41, 5.74) is 11.1. The Balaban J connectivity index is 1.20. The molecular weight excluding hydrogens is 651 g/mol. The molecule has 53 heavy (non-hydrogen) atoms. The SMILES string of the molecule is c1ccc(-c2cc3cccc4c(N5c6ccccc6C6(c7ccoc7-c7occc76)c6c5ccc5c6oc6ccccc65)cc5cccc2c5c34)cc1. The Morgan fingerprint density at radius 3 is 1.96 bits per heavy atom. The monoisotopic (exact) mass is 677 g/mol. The van der Waals surface area contributed by atoms with Crippen LogP contribution in [0.2, 0.25) is 0 Å². The van der Waals surface area contributed by atoms with Crippen LogP contribution in [0.4, 0.5) is 17.1 Å². The quantitative estimate of drug-likeness (QED) is 0.171. The Hall–Kier alpha value is -7.04. The number of rotatable bonds is 2. The van der Waals surface area contributed by atoms with Crippen LogP contribution in [0.1, 0.15) is 22.3 Å². The molecule has 0 fully saturated rings. The van der Waals surface area contributed by atoms with Crippen LogP contribution in [0.25, 0.3) is 76.9 Å². The van der Waals surface area contributed by atoms with E-state index in [0.717, 1.165) is 72.8 Å². The zero-order valence-electron chi connectivity index (χ0n) is 28.3. The first-order valence-electron chi connectivity index (χ1n) is 18.1. The molecule has 0 unspecified atom stereocenters. The highest BCUT2D eigenvalue weighted by Crippen LogP contribution is 2.66. The maximum Gasteiger partial charge on any atom is 0.174 e. The summed E-state index contributed by atoms with van der Waals surface area (Å²) in [5.74, 6) is 1.53. The second-order valence-electron chi connectivity index (χ2n) is 14.4. The zero-order chi connectivity index (χ0) is 34.4. The Morgan fingerprint density at radius 1 is 0.453 bits per heavy atom. The number of anilines is 3. The molecule has 0 saturated carbocycles. The van der Waals surface area contributed by atoms with Crippen LogP contribution in [-0.2, 0) is 5.41 Å². The average molecular weight is 678 g/mol. The summed E-state index contributed by atoms with van der Waals surface area (Å²) >= 11 is 0. The molecule has 0 amide bonds. The number of nitrogens with zero attached hydrogens (tertiary/aromatic N) is 1. The molecule has 246 valence electrons. The fraction of sp³-hybridized carbons (Fsp3) is 0.0204. The third kappa shape index (κ3) is 3.24. The fourth-order valence-electron chi connectivity index (χ4n) is 9.98. The second-order valence-corrected chi connectivity index (χ2v) is 14.4. The number of fused-ring (bicyclic) bond motifs is 13. The van der Waals surface area contributed by atoms with Crippen molar-refractivity contribution >= 4 is 71.3 Å². The highest BCUT2D eigenvalue weighted by atomic mass is 16.4. The van der Waals surface area contributed by atoms with Crippen molar-refractivity contribution in [3.8, 4) is 22.6 Å². The molecule has 1 aliphatic heterocycles. The van der Waals surface area contributed by atoms with Gasteiger partial charge in [0.1, 0.15) is 11.2 Å². The van der Waals surface area contributed by atoms with Gasteiger partial charge in [-0.3, -0.25) is 0 Å². The van der Waals surface area contributed by atoms with Gasteiger partial charge < -0.3 is 18.2 Å². The molecule has 11 aromatic rings. The molecule has 13 rings (SSSR count). The van der Waals surface area contributed by atoms with Crippen LogP contribution in [0.15, 0.2) is 177 Å². The van der Waals surface area contributed by atoms with Crippen molar-refractivity contribution in [1.29, 1.82) is 0 Å². The van der Waals surface area contributed by atoms with Crippen LogP contribution < -0.4 is 4.90 Å². The molecule has 4 nitrogen and oxygen atoms in total. The minimum absolute atomic E-state index is 0.732. The molecule has 0 bridgehead atoms. The van der Waals surface area contributed by atoms with Crippen molar-refractivity contribution in [2.24, 2.45) is 0 Å². The van der Waals surface area contributed by atoms with Crippen molar-refractivity contribution in [1.82, 2.24) is 0 Å². The largest absolute Gasteiger partial charge is 0.461 e. The van der Waals surface area contributed by atoms with E-state index in [4.69, 9.17) is 13.3 Å². The van der Waals surface area contributed by atoms with E-state index < -0.39 is 5.41 Å². The van der Waals surface area contributed by atoms with Gasteiger partial charge in [-0.05, 0) is 92.2 Å². The molecular formula is C49H27NO3. The average Bonchev–Trinajstić information content (AvgIpc) is 4.01. The van der Waals surface area contributed by atoms with E-state index in [1.165, 1.54) is 43.4 Å². The van der Waals surface area contributed by atoms with Gasteiger partial charge in [-0.1, -0.05) is 103 Å². The lowest BCUT2D eigenvalue weighted by molar-refractivity contribution is 0.525. The number of para-hydroxylation sites is 2. The summed E-state index contributed by atoms with van der Waals surface area (Å²) in [4.78, 5) is 2.47. The van der Waals surface area contributed by atoms with E-state index >= 15 is 0 Å². The van der Waals surface area contributed by atoms with Gasteiger partial charge in [0.2, 0.25) is 0 Å². The molecule has 4 heteroatoms. The van der Waals surface area contributed by atoms with Crippen LogP contribution >= 0.6 is 0 Å². The second kappa shape index (κ2) is 9.64. The van der Waals surface area contributed by atoms with Gasteiger partial charge in [-0.2, -0.15) is 0 Å². The first kappa shape index (κ1) is 27.7. The lowest BCUT2D eigenvalue weighted by atomic mass is 9.65. The number of benzene rings is 8. The standard InChI is InChI=1S/C49H27NO3/c1-2-10-28(11-3-1)35-26-29-12-9-16-34-41(27-30-13-8-15-32(35)43(30)44(29)34)50-39-18-6-5-17-36(39)49(37-22-24-51-47(37)48-38(49)23-25-52-48)45-40(50)21-20-33-31-14-4-7-19-42(31)53-46(33)45/h1-27H. The van der Waals surface area contributed by atoms with Gasteiger partial charge in [0.15, 0.2) is 11.5 Å². The summed E-state index contributed by atoms with van der Waals surface area (Å²) in [6, 6.07) is 54.9. The predicted octanol–water partition coefficient (Wildman–Crippen LogP) is 13.5. The van der Waals surface area contributed by atoms with Crippen LogP contribution in [0.5, 0.6) is 0 Å². The van der Waals surface area contributed by atoms with Gasteiger partial charge >= 0.3 is 0 Å². The van der Waals surface area contributed by atoms with Crippen molar-refractivity contribution in [2.45, 2.75) is 5.41 Å². The van der Waals surface area contributed by atoms with Crippen molar-refractivity contribution < 1.29 is 13.3 Å². The van der Waals surface area contributed by atoms with Crippen LogP contribution in [0.3, 0.4) is 0 Å². The Labute approximate surface area is 303 Å². The third-order valence-electron chi connectivity index (χ3n) is 12.0. The summed E-state index contributed by atoms with van der Waals surface area (Å²) < 4.78 is 19.4. The molecule has 1 aliphatic carbocycles. The van der Waals surface area contributed by atoms with Crippen molar-refractivity contribution in [3.05, 3.63) is 186 Å². The van der Waals surface area contributed by atoms with Crippen molar-refractivity contribution in [2.75, 3.05) is 4.90 Å². The molecule has 1 spiro atoms. The molecule has 8 aromatic carbocycles. The molecule has 2 aliphatic rings. The van der Waals surface area contributed by atoms with E-state index in [1.54, 1.807) is 12.5 Å². The minimum atomic E-state index is -0.732. The highest BCUT2D eigenvalue weighted by Gasteiger charge is 2.56. The predicted molar refractivity (Wildman–Crippen MR) is 213 cm³/mol. The summed E-state index contributed by atoms with van der Waals surface area (Å²) in [5, 5.41) is 9.64. The van der Waals surface area contributed by atoms with Crippen LogP contribution in [0, 0.1) is 0 Å². The molecule has 3 aromatic heterocycles. The molecule has 0 N–H and O–H groups in total. The highest BCUT2D eigenvalue weighted by molar-refractivity contribution is 6.29. The number of hydrogen-bond donors (Lipinski definition) is 0. The summed E-state index contributed by atoms with van der Waals surface area (Å²) in [6.07, 6.45) is 3.58. The fourth-order valence-corrected chi connectivity index (χ4v) is 9.98. The first-order chi connectivity index (χ1) is 26.3. The van der Waals surface area contributed by atoms with Gasteiger partial charge in [-0.15, -0.1) is 0 Å². The number of furan rings is 3. The van der Waals surface area contributed by atoms with Gasteiger partial charge in [-0.25, -0.2) is 0 Å². The topological polar surface area (TPSA) is 42.7 Å². The zero-order valence-corrected chi connectivity index (χ0v) is 28.3. The minimum Gasteiger partial charge on any atom is -0.461 e. The maximum absolute atomic E-state index is 6.98. The van der Waals surface area contributed by atoms with Crippen molar-refractivity contribution in [3.63, 3.8) is 0 Å². The third-order valence-corrected chi connectivity index (χ3v) is 12.0. The molecule has 4 heterocycles. The molecule has 0 atom stereocenters. The lowest BCUT2D eigenvalue weighted by Crippen LogP contribution is -2.36. The van der Waals surface area contributed by atoms with E-state index in [-0.39, 0.29) is 0 Å². The first-order valence-corrected chi connectivity index (χ1v) is 18.1. The normalized spacial score (nSPS) is 14.2. The molecule has 0 radical (unpaired) electrons. The summed E-state index contributed by atoms with van der Waals surface area (Å²) in [6.45, 7) is 0. The van der Waals surface area contributed by atoms with Gasteiger partial charge in [0.25, 0.3) is 0 Å². The summed E-state index contributed by atoms with van der Waals surface area (Å²) in [7, 11) is 0. The smallest absolute Gasteiger partial charge is 0.174 e. The van der Waals surface area contributed by atoms with Crippen LogP contribution in [-0.4, -0.2) is 0 Å². The number of hydrogen-bond acceptors (Lipinski definition) is 4. The Morgan fingerprint density at radius 2 is 1.13 bits per heavy atom. The van der Waals surface area contributed by atoms with Gasteiger partial charge in [0, 0.05) is 32.8 Å². The Bertz CT molecular complexity index is 3270. The van der Waals surface area contributed by atoms with E-state index in [1.807, 2.05) is 6.07 Å². The van der Waals surface area contributed by atoms with E-state index in [0.29, 0.717) is 0 Å². The molecule has 0 saturated heterocycles. The van der Waals surface area contributed by atoms with E-state index in [2.05, 4.69) is 150 Å². The van der Waals surface area contributed by atoms with Gasteiger partial charge in [0.05, 0.1) is 35.0 Å².